The fraction of sp³-hybridized carbons (Fsp3) is 0. The van der Waals surface area contributed by atoms with E-state index < -0.39 is 0 Å². The van der Waals surface area contributed by atoms with Crippen LogP contribution in [0.15, 0.2) is 303 Å². The summed E-state index contributed by atoms with van der Waals surface area (Å²) in [6.45, 7) is 0. The Morgan fingerprint density at radius 2 is 0.418 bits per heavy atom. The van der Waals surface area contributed by atoms with Crippen LogP contribution in [0.4, 0.5) is 0 Å². The van der Waals surface area contributed by atoms with Gasteiger partial charge in [-0.15, -0.1) is 0 Å². The van der Waals surface area contributed by atoms with Crippen LogP contribution in [0.1, 0.15) is 0 Å². The van der Waals surface area contributed by atoms with E-state index in [4.69, 9.17) is 54.8 Å². The maximum absolute atomic E-state index is 5.51. The predicted octanol–water partition coefficient (Wildman–Crippen LogP) is 18.1. The topological polar surface area (TPSA) is 147 Å². The third kappa shape index (κ3) is 10.7. The number of rotatable bonds is 13. The summed E-state index contributed by atoms with van der Waals surface area (Å²) in [5.41, 5.74) is 14.4. The summed E-state index contributed by atoms with van der Waals surface area (Å²) in [5, 5.41) is 1.87. The predicted molar refractivity (Wildman–Crippen MR) is 362 cm³/mol. The van der Waals surface area contributed by atoms with Crippen LogP contribution in [0.2, 0.25) is 0 Å². The van der Waals surface area contributed by atoms with Crippen molar-refractivity contribution in [3.05, 3.63) is 303 Å². The molecule has 426 valence electrons. The van der Waals surface area contributed by atoms with E-state index in [1.807, 2.05) is 231 Å². The molecule has 0 radical (unpaired) electrons. The Kier molecular flexibility index (Phi) is 13.9. The van der Waals surface area contributed by atoms with Gasteiger partial charge >= 0.3 is 0 Å². The first-order valence-electron chi connectivity index (χ1n) is 29.9. The highest BCUT2D eigenvalue weighted by atomic mass is 15.1. The largest absolute Gasteiger partial charge is 0.309 e. The van der Waals surface area contributed by atoms with E-state index in [9.17, 15) is 0 Å². The highest BCUT2D eigenvalue weighted by Crippen LogP contribution is 2.42. The molecule has 16 aromatic rings. The fourth-order valence-corrected chi connectivity index (χ4v) is 11.5. The number of aromatic nitrogens is 12. The number of fused-ring (bicyclic) bond motifs is 3. The van der Waals surface area contributed by atoms with Crippen molar-refractivity contribution in [3.63, 3.8) is 0 Å². The molecule has 0 atom stereocenters. The molecule has 12 nitrogen and oxygen atoms in total. The highest BCUT2D eigenvalue weighted by molar-refractivity contribution is 6.12. The lowest BCUT2D eigenvalue weighted by molar-refractivity contribution is 1.07. The van der Waals surface area contributed by atoms with Gasteiger partial charge in [-0.2, -0.15) is 0 Å². The second kappa shape index (κ2) is 23.5. The van der Waals surface area contributed by atoms with E-state index >= 15 is 0 Å². The summed E-state index contributed by atoms with van der Waals surface area (Å²) < 4.78 is 2.32. The van der Waals surface area contributed by atoms with E-state index in [0.717, 1.165) is 99.9 Å². The molecule has 0 fully saturated rings. The van der Waals surface area contributed by atoms with Gasteiger partial charge in [0, 0.05) is 77.5 Å². The highest BCUT2D eigenvalue weighted by Gasteiger charge is 2.24. The first-order valence-corrected chi connectivity index (χ1v) is 29.9. The molecule has 0 N–H and O–H groups in total. The molecule has 16 rings (SSSR count). The normalized spacial score (nSPS) is 11.3. The molecule has 0 saturated heterocycles. The zero-order valence-electron chi connectivity index (χ0n) is 48.7. The molecule has 0 saturated carbocycles. The van der Waals surface area contributed by atoms with Crippen molar-refractivity contribution >= 4 is 21.8 Å². The van der Waals surface area contributed by atoms with Crippen LogP contribution >= 0.6 is 0 Å². The maximum atomic E-state index is 5.51. The number of benzene rings is 11. The molecule has 0 aliphatic heterocycles. The van der Waals surface area contributed by atoms with Crippen LogP contribution in [-0.4, -0.2) is 59.4 Å². The van der Waals surface area contributed by atoms with Gasteiger partial charge in [0.25, 0.3) is 0 Å². The maximum Gasteiger partial charge on any atom is 0.164 e. The Balaban J connectivity index is 0.971. The minimum Gasteiger partial charge on any atom is -0.309 e. The van der Waals surface area contributed by atoms with Crippen molar-refractivity contribution in [2.45, 2.75) is 0 Å². The quantitative estimate of drug-likeness (QED) is 0.109. The molecule has 0 aliphatic rings. The summed E-state index contributed by atoms with van der Waals surface area (Å²) in [5.74, 6) is 5.51. The Morgan fingerprint density at radius 1 is 0.176 bits per heavy atom. The van der Waals surface area contributed by atoms with Crippen molar-refractivity contribution in [2.24, 2.45) is 0 Å². The lowest BCUT2D eigenvalue weighted by Gasteiger charge is -2.17. The van der Waals surface area contributed by atoms with Crippen LogP contribution in [0.3, 0.4) is 0 Å². The van der Waals surface area contributed by atoms with Crippen molar-refractivity contribution in [3.8, 4) is 142 Å². The molecular weight excluding hydrogens is 1120 g/mol. The first kappa shape index (κ1) is 53.8. The molecule has 0 amide bonds. The van der Waals surface area contributed by atoms with Crippen molar-refractivity contribution in [1.29, 1.82) is 0 Å². The van der Waals surface area contributed by atoms with E-state index in [2.05, 4.69) is 77.4 Å². The zero-order chi connectivity index (χ0) is 60.5. The van der Waals surface area contributed by atoms with E-state index in [1.54, 1.807) is 0 Å². The molecular formula is C79H50N12. The Morgan fingerprint density at radius 3 is 0.725 bits per heavy atom. The van der Waals surface area contributed by atoms with Gasteiger partial charge in [-0.3, -0.25) is 0 Å². The van der Waals surface area contributed by atoms with Crippen LogP contribution in [0, 0.1) is 0 Å². The van der Waals surface area contributed by atoms with Crippen LogP contribution in [0.5, 0.6) is 0 Å². The van der Waals surface area contributed by atoms with Gasteiger partial charge in [0.2, 0.25) is 0 Å². The Hall–Kier alpha value is -12.7. The lowest BCUT2D eigenvalue weighted by Crippen LogP contribution is -2.03. The molecule has 0 aliphatic carbocycles. The summed E-state index contributed by atoms with van der Waals surface area (Å²) in [6, 6.07) is 102. The third-order valence-electron chi connectivity index (χ3n) is 16.0. The second-order valence-corrected chi connectivity index (χ2v) is 21.8. The second-order valence-electron chi connectivity index (χ2n) is 21.8. The van der Waals surface area contributed by atoms with Gasteiger partial charge in [0.1, 0.15) is 0 Å². The fourth-order valence-electron chi connectivity index (χ4n) is 11.5. The van der Waals surface area contributed by atoms with Crippen molar-refractivity contribution in [2.75, 3.05) is 0 Å². The smallest absolute Gasteiger partial charge is 0.164 e. The molecule has 11 aromatic carbocycles. The van der Waals surface area contributed by atoms with Gasteiger partial charge in [0.15, 0.2) is 58.2 Å². The van der Waals surface area contributed by atoms with Crippen molar-refractivity contribution in [1.82, 2.24) is 59.4 Å². The van der Waals surface area contributed by atoms with Gasteiger partial charge < -0.3 is 4.57 Å². The molecule has 0 spiro atoms. The standard InChI is InChI=1S/C79H50N12/c1-9-25-51(26-10-1)65-50-66(81-70(80-65)52-27-11-2-12-28-52)64-49-61(79-89-75(57-37-21-7-22-38-57)84-76(90-79)58-39-23-8-24-40-58)43-46-69(64)91-67-44-41-59(77-85-71(53-29-13-3-14-30-53)82-72(86-77)54-31-15-4-16-32-54)47-62(67)63-48-60(42-45-68(63)91)78-87-73(55-33-17-5-18-34-55)83-74(88-78)56-35-19-6-20-36-56/h1-50H. The molecule has 5 heterocycles. The molecule has 5 aromatic heterocycles. The molecule has 0 unspecified atom stereocenters. The zero-order valence-corrected chi connectivity index (χ0v) is 48.7. The average molecular weight is 1170 g/mol. The van der Waals surface area contributed by atoms with Gasteiger partial charge in [-0.1, -0.05) is 243 Å². The summed E-state index contributed by atoms with van der Waals surface area (Å²) in [4.78, 5) is 57.3. The minimum atomic E-state index is 0.502. The van der Waals surface area contributed by atoms with Crippen LogP contribution in [-0.2, 0) is 0 Å². The SMILES string of the molecule is c1ccc(-c2cc(-c3cc(-c4nc(-c5ccccc5)nc(-c5ccccc5)n4)ccc3-n3c4ccc(-c5nc(-c6ccccc6)nc(-c6ccccc6)n5)cc4c4cc(-c5nc(-c6ccccc6)nc(-c6ccccc6)n5)ccc43)nc(-c3ccccc3)n2)cc1. The van der Waals surface area contributed by atoms with E-state index in [-0.39, 0.29) is 0 Å². The minimum absolute atomic E-state index is 0.502. The summed E-state index contributed by atoms with van der Waals surface area (Å²) >= 11 is 0. The van der Waals surface area contributed by atoms with Gasteiger partial charge in [-0.05, 0) is 60.7 Å². The average Bonchev–Trinajstić information content (AvgIpc) is 1.61. The monoisotopic (exact) mass is 1170 g/mol. The lowest BCUT2D eigenvalue weighted by atomic mass is 10.0. The molecule has 91 heavy (non-hydrogen) atoms. The Bertz CT molecular complexity index is 4900. The number of hydrogen-bond acceptors (Lipinski definition) is 11. The van der Waals surface area contributed by atoms with Crippen LogP contribution in [0.25, 0.3) is 164 Å². The molecule has 12 heteroatoms. The van der Waals surface area contributed by atoms with E-state index in [1.165, 1.54) is 0 Å². The number of hydrogen-bond donors (Lipinski definition) is 0. The first-order chi connectivity index (χ1) is 45.1. The van der Waals surface area contributed by atoms with Gasteiger partial charge in [0.05, 0.1) is 28.1 Å². The van der Waals surface area contributed by atoms with E-state index in [0.29, 0.717) is 63.9 Å². The number of nitrogens with zero attached hydrogens (tertiary/aromatic N) is 12. The summed E-state index contributed by atoms with van der Waals surface area (Å²) in [7, 11) is 0. The van der Waals surface area contributed by atoms with Gasteiger partial charge in [-0.25, -0.2) is 54.8 Å². The third-order valence-corrected chi connectivity index (χ3v) is 16.0. The van der Waals surface area contributed by atoms with Crippen molar-refractivity contribution < 1.29 is 0 Å². The molecule has 0 bridgehead atoms. The Labute approximate surface area is 523 Å². The van der Waals surface area contributed by atoms with Crippen LogP contribution < -0.4 is 0 Å². The summed E-state index contributed by atoms with van der Waals surface area (Å²) in [6.07, 6.45) is 0.